The molecule has 0 aromatic heterocycles. The van der Waals surface area contributed by atoms with E-state index in [0.717, 1.165) is 16.9 Å². The van der Waals surface area contributed by atoms with Gasteiger partial charge in [0.15, 0.2) is 0 Å². The van der Waals surface area contributed by atoms with Crippen LogP contribution in [0, 0.1) is 6.92 Å². The Kier molecular flexibility index (Phi) is 5.16. The van der Waals surface area contributed by atoms with Crippen molar-refractivity contribution in [3.63, 3.8) is 0 Å². The molecule has 2 aromatic rings. The van der Waals surface area contributed by atoms with Crippen molar-refractivity contribution in [2.24, 2.45) is 0 Å². The highest BCUT2D eigenvalue weighted by atomic mass is 16.2. The van der Waals surface area contributed by atoms with Crippen molar-refractivity contribution in [3.8, 4) is 0 Å². The number of carbonyl (C=O) groups is 2. The third kappa shape index (κ3) is 4.19. The first-order chi connectivity index (χ1) is 10.9. The number of nitrogens with zero attached hydrogens (tertiary/aromatic N) is 2. The molecule has 0 saturated heterocycles. The third-order valence-corrected chi connectivity index (χ3v) is 3.95. The van der Waals surface area contributed by atoms with E-state index in [2.05, 4.69) is 0 Å². The largest absolute Gasteiger partial charge is 0.316 e. The summed E-state index contributed by atoms with van der Waals surface area (Å²) in [4.78, 5) is 26.9. The van der Waals surface area contributed by atoms with Crippen LogP contribution < -0.4 is 9.80 Å². The first kappa shape index (κ1) is 16.7. The van der Waals surface area contributed by atoms with E-state index in [9.17, 15) is 9.59 Å². The van der Waals surface area contributed by atoms with Crippen LogP contribution in [0.1, 0.15) is 18.1 Å². The lowest BCUT2D eigenvalue weighted by Crippen LogP contribution is -2.28. The molecule has 0 fully saturated rings. The maximum Gasteiger partial charge on any atom is 0.231 e. The second-order valence-corrected chi connectivity index (χ2v) is 5.71. The maximum absolute atomic E-state index is 12.4. The predicted molar refractivity (Wildman–Crippen MR) is 93.8 cm³/mol. The van der Waals surface area contributed by atoms with E-state index >= 15 is 0 Å². The Morgan fingerprint density at radius 1 is 0.826 bits per heavy atom. The average molecular weight is 310 g/mol. The van der Waals surface area contributed by atoms with Gasteiger partial charge >= 0.3 is 0 Å². The minimum Gasteiger partial charge on any atom is -0.316 e. The molecule has 0 saturated carbocycles. The zero-order valence-electron chi connectivity index (χ0n) is 14.0. The Bertz CT molecular complexity index is 690. The van der Waals surface area contributed by atoms with E-state index in [1.807, 2.05) is 55.5 Å². The maximum atomic E-state index is 12.4. The standard InChI is InChI=1S/C19H22N2O2/c1-14-5-7-16(8-6-14)13-19(23)21(4)18-11-9-17(10-12-18)20(3)15(2)22/h5-12H,13H2,1-4H3. The topological polar surface area (TPSA) is 40.6 Å². The van der Waals surface area contributed by atoms with E-state index in [1.54, 1.807) is 23.9 Å². The first-order valence-electron chi connectivity index (χ1n) is 7.55. The fourth-order valence-corrected chi connectivity index (χ4v) is 2.22. The van der Waals surface area contributed by atoms with E-state index in [-0.39, 0.29) is 11.8 Å². The van der Waals surface area contributed by atoms with E-state index in [0.29, 0.717) is 6.42 Å². The lowest BCUT2D eigenvalue weighted by Gasteiger charge is -2.20. The van der Waals surface area contributed by atoms with Crippen LogP contribution in [-0.4, -0.2) is 25.9 Å². The van der Waals surface area contributed by atoms with Crippen LogP contribution >= 0.6 is 0 Å². The number of anilines is 2. The Hall–Kier alpha value is -2.62. The molecule has 0 bridgehead atoms. The molecule has 0 N–H and O–H groups in total. The molecule has 2 aromatic carbocycles. The zero-order valence-corrected chi connectivity index (χ0v) is 14.0. The van der Waals surface area contributed by atoms with Crippen molar-refractivity contribution >= 4 is 23.2 Å². The van der Waals surface area contributed by atoms with Crippen LogP contribution in [0.15, 0.2) is 48.5 Å². The fourth-order valence-electron chi connectivity index (χ4n) is 2.22. The quantitative estimate of drug-likeness (QED) is 0.870. The predicted octanol–water partition coefficient (Wildman–Crippen LogP) is 3.18. The van der Waals surface area contributed by atoms with Crippen LogP contribution in [0.5, 0.6) is 0 Å². The summed E-state index contributed by atoms with van der Waals surface area (Å²) in [6.07, 6.45) is 0.367. The molecule has 0 radical (unpaired) electrons. The second kappa shape index (κ2) is 7.09. The zero-order chi connectivity index (χ0) is 17.0. The molecule has 23 heavy (non-hydrogen) atoms. The minimum absolute atomic E-state index is 0.0263. The van der Waals surface area contributed by atoms with Gasteiger partial charge in [0.1, 0.15) is 0 Å². The highest BCUT2D eigenvalue weighted by Crippen LogP contribution is 2.20. The van der Waals surface area contributed by atoms with Gasteiger partial charge < -0.3 is 9.80 Å². The molecular formula is C19H22N2O2. The summed E-state index contributed by atoms with van der Waals surface area (Å²) in [7, 11) is 3.49. The van der Waals surface area contributed by atoms with Crippen LogP contribution in [0.3, 0.4) is 0 Å². The number of hydrogen-bond donors (Lipinski definition) is 0. The third-order valence-electron chi connectivity index (χ3n) is 3.95. The number of likely N-dealkylation sites (N-methyl/N-ethyl adjacent to an activating group) is 1. The number of carbonyl (C=O) groups excluding carboxylic acids is 2. The molecule has 0 heterocycles. The number of aryl methyl sites for hydroxylation is 1. The summed E-state index contributed by atoms with van der Waals surface area (Å²) in [6, 6.07) is 15.4. The summed E-state index contributed by atoms with van der Waals surface area (Å²) < 4.78 is 0. The van der Waals surface area contributed by atoms with Crippen LogP contribution in [0.4, 0.5) is 11.4 Å². The smallest absolute Gasteiger partial charge is 0.231 e. The van der Waals surface area contributed by atoms with Gasteiger partial charge in [0, 0.05) is 32.4 Å². The van der Waals surface area contributed by atoms with Gasteiger partial charge in [-0.25, -0.2) is 0 Å². The summed E-state index contributed by atoms with van der Waals surface area (Å²) in [6.45, 7) is 3.54. The Morgan fingerprint density at radius 3 is 1.78 bits per heavy atom. The van der Waals surface area contributed by atoms with Gasteiger partial charge in [-0.1, -0.05) is 29.8 Å². The fraction of sp³-hybridized carbons (Fsp3) is 0.263. The lowest BCUT2D eigenvalue weighted by molar-refractivity contribution is -0.118. The molecule has 0 aliphatic rings. The SMILES string of the molecule is CC(=O)N(C)c1ccc(N(C)C(=O)Cc2ccc(C)cc2)cc1. The summed E-state index contributed by atoms with van der Waals surface area (Å²) in [5.41, 5.74) is 3.79. The van der Waals surface area contributed by atoms with E-state index < -0.39 is 0 Å². The highest BCUT2D eigenvalue weighted by molar-refractivity contribution is 5.95. The highest BCUT2D eigenvalue weighted by Gasteiger charge is 2.12. The van der Waals surface area contributed by atoms with Crippen molar-refractivity contribution in [3.05, 3.63) is 59.7 Å². The van der Waals surface area contributed by atoms with Gasteiger partial charge in [0.05, 0.1) is 6.42 Å². The molecule has 120 valence electrons. The molecular weight excluding hydrogens is 288 g/mol. The van der Waals surface area contributed by atoms with E-state index in [1.165, 1.54) is 12.5 Å². The molecule has 2 amide bonds. The number of hydrogen-bond acceptors (Lipinski definition) is 2. The van der Waals surface area contributed by atoms with Gasteiger partial charge in [-0.15, -0.1) is 0 Å². The van der Waals surface area contributed by atoms with Gasteiger partial charge in [-0.2, -0.15) is 0 Å². The molecule has 0 unspecified atom stereocenters. The Balaban J connectivity index is 2.07. The normalized spacial score (nSPS) is 10.3. The molecule has 4 nitrogen and oxygen atoms in total. The van der Waals surface area contributed by atoms with Crippen LogP contribution in [0.2, 0.25) is 0 Å². The Labute approximate surface area is 137 Å². The van der Waals surface area contributed by atoms with E-state index in [4.69, 9.17) is 0 Å². The van der Waals surface area contributed by atoms with Gasteiger partial charge in [0.2, 0.25) is 11.8 Å². The van der Waals surface area contributed by atoms with Crippen LogP contribution in [0.25, 0.3) is 0 Å². The van der Waals surface area contributed by atoms with Gasteiger partial charge in [-0.05, 0) is 36.8 Å². The summed E-state index contributed by atoms with van der Waals surface area (Å²) in [5, 5.41) is 0. The van der Waals surface area contributed by atoms with Crippen molar-refractivity contribution in [1.82, 2.24) is 0 Å². The molecule has 0 spiro atoms. The molecule has 4 heteroatoms. The van der Waals surface area contributed by atoms with Gasteiger partial charge in [-0.3, -0.25) is 9.59 Å². The van der Waals surface area contributed by atoms with Crippen LogP contribution in [-0.2, 0) is 16.0 Å². The minimum atomic E-state index is -0.0263. The molecule has 2 rings (SSSR count). The monoisotopic (exact) mass is 310 g/mol. The summed E-state index contributed by atoms with van der Waals surface area (Å²) in [5.74, 6) is 0.00285. The van der Waals surface area contributed by atoms with Crippen molar-refractivity contribution in [1.29, 1.82) is 0 Å². The van der Waals surface area contributed by atoms with Gasteiger partial charge in [0.25, 0.3) is 0 Å². The number of amides is 2. The average Bonchev–Trinajstić information content (AvgIpc) is 2.55. The second-order valence-electron chi connectivity index (χ2n) is 5.71. The van der Waals surface area contributed by atoms with Crippen molar-refractivity contribution < 1.29 is 9.59 Å². The number of rotatable bonds is 4. The lowest BCUT2D eigenvalue weighted by atomic mass is 10.1. The first-order valence-corrected chi connectivity index (χ1v) is 7.55. The molecule has 0 atom stereocenters. The van der Waals surface area contributed by atoms with Crippen molar-refractivity contribution in [2.75, 3.05) is 23.9 Å². The van der Waals surface area contributed by atoms with Crippen molar-refractivity contribution in [2.45, 2.75) is 20.3 Å². The molecule has 0 aliphatic carbocycles. The molecule has 0 aliphatic heterocycles. The summed E-state index contributed by atoms with van der Waals surface area (Å²) >= 11 is 0. The number of benzene rings is 2. The Morgan fingerprint density at radius 2 is 1.30 bits per heavy atom.